The van der Waals surface area contributed by atoms with Crippen molar-refractivity contribution in [1.29, 1.82) is 0 Å². The van der Waals surface area contributed by atoms with Gasteiger partial charge in [0.05, 0.1) is 19.8 Å². The number of urea groups is 1. The zero-order valence-corrected chi connectivity index (χ0v) is 16.1. The topological polar surface area (TPSA) is 54.0 Å². The lowest BCUT2D eigenvalue weighted by Gasteiger charge is -2.37. The molecule has 2 saturated heterocycles. The summed E-state index contributed by atoms with van der Waals surface area (Å²) < 4.78 is 11.1. The van der Waals surface area contributed by atoms with Crippen LogP contribution in [0, 0.1) is 5.92 Å². The molecule has 0 aliphatic carbocycles. The van der Waals surface area contributed by atoms with Crippen LogP contribution in [-0.2, 0) is 16.0 Å². The van der Waals surface area contributed by atoms with Gasteiger partial charge in [-0.25, -0.2) is 4.79 Å². The summed E-state index contributed by atoms with van der Waals surface area (Å²) in [5, 5.41) is 3.81. The van der Waals surface area contributed by atoms with Crippen molar-refractivity contribution in [3.63, 3.8) is 0 Å². The van der Waals surface area contributed by atoms with Crippen LogP contribution in [0.5, 0.6) is 0 Å². The van der Waals surface area contributed by atoms with Crippen molar-refractivity contribution in [2.75, 3.05) is 53.1 Å². The van der Waals surface area contributed by atoms with Gasteiger partial charge in [-0.05, 0) is 24.1 Å². The SMILES string of the molecule is CN(Cc1ccc(Cl)cc1)C(=O)NCC(C1CCOC1)N1CCOCC1. The molecule has 0 aromatic heterocycles. The number of amides is 2. The van der Waals surface area contributed by atoms with Crippen LogP contribution in [-0.4, -0.2) is 75.0 Å². The third-order valence-electron chi connectivity index (χ3n) is 5.17. The van der Waals surface area contributed by atoms with Crippen molar-refractivity contribution in [2.45, 2.75) is 19.0 Å². The van der Waals surface area contributed by atoms with Gasteiger partial charge in [0, 0.05) is 56.8 Å². The van der Waals surface area contributed by atoms with E-state index in [2.05, 4.69) is 10.2 Å². The molecule has 2 atom stereocenters. The monoisotopic (exact) mass is 381 g/mol. The van der Waals surface area contributed by atoms with Gasteiger partial charge < -0.3 is 19.7 Å². The van der Waals surface area contributed by atoms with Crippen molar-refractivity contribution in [1.82, 2.24) is 15.1 Å². The van der Waals surface area contributed by atoms with E-state index in [0.29, 0.717) is 30.1 Å². The number of morpholine rings is 1. The minimum atomic E-state index is -0.0582. The largest absolute Gasteiger partial charge is 0.381 e. The van der Waals surface area contributed by atoms with Gasteiger partial charge >= 0.3 is 6.03 Å². The first-order valence-corrected chi connectivity index (χ1v) is 9.64. The van der Waals surface area contributed by atoms with Crippen molar-refractivity contribution in [2.24, 2.45) is 5.92 Å². The van der Waals surface area contributed by atoms with Crippen LogP contribution in [0.1, 0.15) is 12.0 Å². The molecule has 2 aliphatic heterocycles. The number of hydrogen-bond donors (Lipinski definition) is 1. The minimum Gasteiger partial charge on any atom is -0.381 e. The van der Waals surface area contributed by atoms with Gasteiger partial charge in [-0.1, -0.05) is 23.7 Å². The molecule has 1 aromatic carbocycles. The van der Waals surface area contributed by atoms with Gasteiger partial charge in [0.15, 0.2) is 0 Å². The summed E-state index contributed by atoms with van der Waals surface area (Å²) in [5.41, 5.74) is 1.06. The highest BCUT2D eigenvalue weighted by Gasteiger charge is 2.31. The molecule has 0 bridgehead atoms. The second kappa shape index (κ2) is 9.55. The van der Waals surface area contributed by atoms with E-state index < -0.39 is 0 Å². The van der Waals surface area contributed by atoms with Crippen LogP contribution < -0.4 is 5.32 Å². The van der Waals surface area contributed by atoms with E-state index in [9.17, 15) is 4.79 Å². The van der Waals surface area contributed by atoms with E-state index in [1.807, 2.05) is 31.3 Å². The molecular weight excluding hydrogens is 354 g/mol. The van der Waals surface area contributed by atoms with Crippen LogP contribution in [0.25, 0.3) is 0 Å². The van der Waals surface area contributed by atoms with E-state index in [1.54, 1.807) is 4.90 Å². The van der Waals surface area contributed by atoms with E-state index >= 15 is 0 Å². The van der Waals surface area contributed by atoms with Gasteiger partial charge in [-0.2, -0.15) is 0 Å². The first-order chi connectivity index (χ1) is 12.6. The molecule has 144 valence electrons. The van der Waals surface area contributed by atoms with Crippen LogP contribution >= 0.6 is 11.6 Å². The highest BCUT2D eigenvalue weighted by atomic mass is 35.5. The van der Waals surface area contributed by atoms with E-state index in [4.69, 9.17) is 21.1 Å². The van der Waals surface area contributed by atoms with Gasteiger partial charge in [0.25, 0.3) is 0 Å². The predicted octanol–water partition coefficient (Wildman–Crippen LogP) is 2.22. The number of rotatable bonds is 6. The Bertz CT molecular complexity index is 572. The summed E-state index contributed by atoms with van der Waals surface area (Å²) in [6.07, 6.45) is 1.05. The molecule has 1 aromatic rings. The molecule has 2 heterocycles. The number of hydrogen-bond acceptors (Lipinski definition) is 4. The van der Waals surface area contributed by atoms with Crippen LogP contribution in [0.15, 0.2) is 24.3 Å². The summed E-state index contributed by atoms with van der Waals surface area (Å²) >= 11 is 5.91. The maximum atomic E-state index is 12.5. The number of ether oxygens (including phenoxy) is 2. The Morgan fingerprint density at radius 2 is 2.00 bits per heavy atom. The molecule has 2 aliphatic rings. The Kier molecular flexibility index (Phi) is 7.14. The normalized spacial score (nSPS) is 22.2. The molecule has 26 heavy (non-hydrogen) atoms. The Balaban J connectivity index is 1.53. The summed E-state index contributed by atoms with van der Waals surface area (Å²) in [4.78, 5) is 16.7. The van der Waals surface area contributed by atoms with Crippen molar-refractivity contribution in [3.8, 4) is 0 Å². The molecule has 3 rings (SSSR count). The van der Waals surface area contributed by atoms with E-state index in [0.717, 1.165) is 51.5 Å². The lowest BCUT2D eigenvalue weighted by Crippen LogP contribution is -2.53. The quantitative estimate of drug-likeness (QED) is 0.821. The molecule has 0 radical (unpaired) electrons. The molecular formula is C19H28ClN3O3. The second-order valence-electron chi connectivity index (χ2n) is 7.01. The van der Waals surface area contributed by atoms with Gasteiger partial charge in [0.1, 0.15) is 0 Å². The number of carbonyl (C=O) groups is 1. The van der Waals surface area contributed by atoms with Crippen molar-refractivity contribution < 1.29 is 14.3 Å². The predicted molar refractivity (Wildman–Crippen MR) is 101 cm³/mol. The summed E-state index contributed by atoms with van der Waals surface area (Å²) in [7, 11) is 1.81. The average Bonchev–Trinajstić information content (AvgIpc) is 3.19. The molecule has 6 nitrogen and oxygen atoms in total. The Morgan fingerprint density at radius 1 is 1.27 bits per heavy atom. The van der Waals surface area contributed by atoms with Gasteiger partial charge in [-0.15, -0.1) is 0 Å². The Hall–Kier alpha value is -1.34. The summed E-state index contributed by atoms with van der Waals surface area (Å²) in [6, 6.07) is 7.82. The fourth-order valence-corrected chi connectivity index (χ4v) is 3.75. The van der Waals surface area contributed by atoms with Gasteiger partial charge in [-0.3, -0.25) is 4.90 Å². The number of benzene rings is 1. The zero-order valence-electron chi connectivity index (χ0n) is 15.3. The number of nitrogens with zero attached hydrogens (tertiary/aromatic N) is 2. The average molecular weight is 382 g/mol. The molecule has 0 saturated carbocycles. The number of carbonyl (C=O) groups excluding carboxylic acids is 1. The zero-order chi connectivity index (χ0) is 18.4. The second-order valence-corrected chi connectivity index (χ2v) is 7.44. The van der Waals surface area contributed by atoms with Crippen LogP contribution in [0.2, 0.25) is 5.02 Å². The van der Waals surface area contributed by atoms with Gasteiger partial charge in [0.2, 0.25) is 0 Å². The first-order valence-electron chi connectivity index (χ1n) is 9.26. The highest BCUT2D eigenvalue weighted by Crippen LogP contribution is 2.22. The first kappa shape index (κ1) is 19.4. The molecule has 1 N–H and O–H groups in total. The Morgan fingerprint density at radius 3 is 2.65 bits per heavy atom. The summed E-state index contributed by atoms with van der Waals surface area (Å²) in [6.45, 7) is 6.13. The summed E-state index contributed by atoms with van der Waals surface area (Å²) in [5.74, 6) is 0.468. The lowest BCUT2D eigenvalue weighted by atomic mass is 9.97. The highest BCUT2D eigenvalue weighted by molar-refractivity contribution is 6.30. The molecule has 0 spiro atoms. The third kappa shape index (κ3) is 5.33. The minimum absolute atomic E-state index is 0.0582. The fraction of sp³-hybridized carbons (Fsp3) is 0.632. The maximum absolute atomic E-state index is 12.5. The van der Waals surface area contributed by atoms with Crippen LogP contribution in [0.4, 0.5) is 4.79 Å². The molecule has 2 unspecified atom stereocenters. The Labute approximate surface area is 160 Å². The molecule has 7 heteroatoms. The van der Waals surface area contributed by atoms with E-state index in [1.165, 1.54) is 0 Å². The smallest absolute Gasteiger partial charge is 0.317 e. The maximum Gasteiger partial charge on any atom is 0.317 e. The van der Waals surface area contributed by atoms with E-state index in [-0.39, 0.29) is 6.03 Å². The number of halogens is 1. The van der Waals surface area contributed by atoms with Crippen molar-refractivity contribution >= 4 is 17.6 Å². The fourth-order valence-electron chi connectivity index (χ4n) is 3.62. The third-order valence-corrected chi connectivity index (χ3v) is 5.42. The molecule has 2 fully saturated rings. The number of nitrogens with one attached hydrogen (secondary N) is 1. The standard InChI is InChI=1S/C19H28ClN3O3/c1-22(13-15-2-4-17(20)5-3-15)19(24)21-12-18(16-6-9-26-14-16)23-7-10-25-11-8-23/h2-5,16,18H,6-14H2,1H3,(H,21,24). The van der Waals surface area contributed by atoms with Crippen molar-refractivity contribution in [3.05, 3.63) is 34.9 Å². The molecule has 2 amide bonds. The van der Waals surface area contributed by atoms with Crippen LogP contribution in [0.3, 0.4) is 0 Å². The lowest BCUT2D eigenvalue weighted by molar-refractivity contribution is 0.00190.